The van der Waals surface area contributed by atoms with E-state index in [-0.39, 0.29) is 36.0 Å². The van der Waals surface area contributed by atoms with Gasteiger partial charge in [0, 0.05) is 36.6 Å². The Balaban J connectivity index is 2.03. The average Bonchev–Trinajstić information content (AvgIpc) is 2.64. The minimum absolute atomic E-state index is 0.00226. The molecule has 0 saturated carbocycles. The van der Waals surface area contributed by atoms with Gasteiger partial charge in [0.25, 0.3) is 0 Å². The summed E-state index contributed by atoms with van der Waals surface area (Å²) in [6, 6.07) is 0. The topological polar surface area (TPSA) is 76.5 Å². The van der Waals surface area contributed by atoms with Gasteiger partial charge in [-0.15, -0.1) is 0 Å². The van der Waals surface area contributed by atoms with Crippen LogP contribution < -0.4 is 4.87 Å². The lowest BCUT2D eigenvalue weighted by Gasteiger charge is -2.37. The number of hydrogen-bond acceptors (Lipinski definition) is 5. The number of aryl methyl sites for hydroxylation is 1. The van der Waals surface area contributed by atoms with Gasteiger partial charge in [-0.05, 0) is 27.7 Å². The summed E-state index contributed by atoms with van der Waals surface area (Å²) in [6.45, 7) is 7.85. The van der Waals surface area contributed by atoms with E-state index in [2.05, 4.69) is 0 Å². The van der Waals surface area contributed by atoms with E-state index in [0.717, 1.165) is 10.6 Å². The molecule has 1 aromatic rings. The maximum absolute atomic E-state index is 12.3. The normalized spacial score (nSPS) is 20.1. The molecular formula is C14H22N2O4S2. The zero-order chi connectivity index (χ0) is 16.7. The molecule has 0 aliphatic carbocycles. The third kappa shape index (κ3) is 3.12. The van der Waals surface area contributed by atoms with Gasteiger partial charge in [0.2, 0.25) is 5.91 Å². The highest BCUT2D eigenvalue weighted by atomic mass is 32.2. The van der Waals surface area contributed by atoms with Crippen LogP contribution in [-0.4, -0.2) is 47.4 Å². The molecule has 124 valence electrons. The van der Waals surface area contributed by atoms with Gasteiger partial charge in [-0.25, -0.2) is 8.42 Å². The van der Waals surface area contributed by atoms with E-state index in [0.29, 0.717) is 6.54 Å². The number of sulfone groups is 1. The number of aromatic nitrogens is 1. The van der Waals surface area contributed by atoms with Crippen molar-refractivity contribution in [2.24, 2.45) is 0 Å². The number of hydrogen-bond donors (Lipinski definition) is 0. The molecule has 0 N–H and O–H groups in total. The molecule has 1 aliphatic rings. The molecule has 1 saturated heterocycles. The van der Waals surface area contributed by atoms with E-state index in [4.69, 9.17) is 0 Å². The first-order valence-corrected chi connectivity index (χ1v) is 9.69. The number of carbonyl (C=O) groups is 1. The molecule has 2 rings (SSSR count). The Kier molecular flexibility index (Phi) is 4.54. The number of carbonyl (C=O) groups excluding carboxylic acids is 1. The monoisotopic (exact) mass is 346 g/mol. The van der Waals surface area contributed by atoms with Crippen molar-refractivity contribution in [1.82, 2.24) is 9.47 Å². The Labute approximate surface area is 134 Å². The molecule has 22 heavy (non-hydrogen) atoms. The first kappa shape index (κ1) is 17.2. The molecule has 1 aromatic heterocycles. The Morgan fingerprint density at radius 3 is 2.45 bits per heavy atom. The molecule has 0 bridgehead atoms. The summed E-state index contributed by atoms with van der Waals surface area (Å²) >= 11 is 1.19. The zero-order valence-electron chi connectivity index (χ0n) is 13.4. The van der Waals surface area contributed by atoms with Crippen molar-refractivity contribution in [3.8, 4) is 0 Å². The minimum Gasteiger partial charge on any atom is -0.340 e. The van der Waals surface area contributed by atoms with E-state index in [9.17, 15) is 18.0 Å². The molecule has 2 heterocycles. The van der Waals surface area contributed by atoms with Gasteiger partial charge in [-0.3, -0.25) is 9.59 Å². The first-order chi connectivity index (χ1) is 10.0. The molecule has 0 atom stereocenters. The fourth-order valence-corrected chi connectivity index (χ4v) is 4.79. The number of amides is 1. The van der Waals surface area contributed by atoms with E-state index < -0.39 is 14.6 Å². The Morgan fingerprint density at radius 1 is 1.32 bits per heavy atom. The minimum atomic E-state index is -3.15. The van der Waals surface area contributed by atoms with Crippen LogP contribution in [0.3, 0.4) is 0 Å². The fourth-order valence-electron chi connectivity index (χ4n) is 2.57. The van der Waals surface area contributed by atoms with Gasteiger partial charge in [0.1, 0.15) is 0 Å². The second kappa shape index (κ2) is 5.81. The lowest BCUT2D eigenvalue weighted by Crippen LogP contribution is -2.54. The summed E-state index contributed by atoms with van der Waals surface area (Å²) in [5, 5.41) is 0. The van der Waals surface area contributed by atoms with E-state index >= 15 is 0 Å². The standard InChI is InChI=1S/C14H22N2O4S2/c1-10-11(2)21-13(18)16(10)6-5-12(17)15-7-8-22(19,20)14(3,4)9-15/h5-9H2,1-4H3. The largest absolute Gasteiger partial charge is 0.340 e. The zero-order valence-corrected chi connectivity index (χ0v) is 15.0. The van der Waals surface area contributed by atoms with Crippen molar-refractivity contribution >= 4 is 27.1 Å². The van der Waals surface area contributed by atoms with E-state index in [1.165, 1.54) is 11.3 Å². The average molecular weight is 346 g/mol. The summed E-state index contributed by atoms with van der Waals surface area (Å²) in [6.07, 6.45) is 0.215. The smallest absolute Gasteiger partial charge is 0.307 e. The van der Waals surface area contributed by atoms with Crippen LogP contribution in [0.5, 0.6) is 0 Å². The van der Waals surface area contributed by atoms with Crippen molar-refractivity contribution in [3.63, 3.8) is 0 Å². The van der Waals surface area contributed by atoms with Crippen LogP contribution in [0.1, 0.15) is 30.8 Å². The molecule has 1 fully saturated rings. The predicted octanol–water partition coefficient (Wildman–Crippen LogP) is 0.952. The van der Waals surface area contributed by atoms with Crippen molar-refractivity contribution < 1.29 is 13.2 Å². The summed E-state index contributed by atoms with van der Waals surface area (Å²) in [7, 11) is -3.15. The number of nitrogens with zero attached hydrogens (tertiary/aromatic N) is 2. The number of thiazole rings is 1. The summed E-state index contributed by atoms with van der Waals surface area (Å²) in [5.74, 6) is -0.0967. The van der Waals surface area contributed by atoms with Crippen LogP contribution in [0.4, 0.5) is 0 Å². The predicted molar refractivity (Wildman–Crippen MR) is 87.1 cm³/mol. The quantitative estimate of drug-likeness (QED) is 0.817. The molecule has 0 aromatic carbocycles. The lowest BCUT2D eigenvalue weighted by molar-refractivity contribution is -0.131. The molecule has 1 amide bonds. The Bertz CT molecular complexity index is 743. The van der Waals surface area contributed by atoms with Crippen LogP contribution in [0.25, 0.3) is 0 Å². The van der Waals surface area contributed by atoms with Crippen LogP contribution in [0.2, 0.25) is 0 Å². The first-order valence-electron chi connectivity index (χ1n) is 7.22. The van der Waals surface area contributed by atoms with Crippen LogP contribution in [0, 0.1) is 13.8 Å². The lowest BCUT2D eigenvalue weighted by atomic mass is 10.1. The van der Waals surface area contributed by atoms with Crippen molar-refractivity contribution in [2.45, 2.75) is 45.4 Å². The SMILES string of the molecule is Cc1sc(=O)n(CCC(=O)N2CCS(=O)(=O)C(C)(C)C2)c1C. The van der Waals surface area contributed by atoms with E-state index in [1.54, 1.807) is 23.3 Å². The van der Waals surface area contributed by atoms with Gasteiger partial charge >= 0.3 is 4.87 Å². The van der Waals surface area contributed by atoms with Gasteiger partial charge in [-0.1, -0.05) is 11.3 Å². The third-order valence-electron chi connectivity index (χ3n) is 4.32. The Hall–Kier alpha value is -1.15. The molecule has 0 spiro atoms. The molecule has 8 heteroatoms. The fraction of sp³-hybridized carbons (Fsp3) is 0.714. The van der Waals surface area contributed by atoms with E-state index in [1.807, 2.05) is 13.8 Å². The molecule has 1 aliphatic heterocycles. The van der Waals surface area contributed by atoms with Gasteiger partial charge in [0.15, 0.2) is 9.84 Å². The summed E-state index contributed by atoms with van der Waals surface area (Å²) in [4.78, 5) is 26.6. The third-order valence-corrected chi connectivity index (χ3v) is 7.85. The molecule has 0 unspecified atom stereocenters. The maximum Gasteiger partial charge on any atom is 0.307 e. The van der Waals surface area contributed by atoms with Gasteiger partial charge in [0.05, 0.1) is 10.5 Å². The van der Waals surface area contributed by atoms with Crippen molar-refractivity contribution in [2.75, 3.05) is 18.8 Å². The molecular weight excluding hydrogens is 324 g/mol. The van der Waals surface area contributed by atoms with Gasteiger partial charge in [-0.2, -0.15) is 0 Å². The highest BCUT2D eigenvalue weighted by molar-refractivity contribution is 7.92. The highest BCUT2D eigenvalue weighted by Gasteiger charge is 2.41. The van der Waals surface area contributed by atoms with Crippen molar-refractivity contribution in [1.29, 1.82) is 0 Å². The maximum atomic E-state index is 12.3. The number of rotatable bonds is 3. The van der Waals surface area contributed by atoms with Crippen LogP contribution in [0.15, 0.2) is 4.79 Å². The Morgan fingerprint density at radius 2 is 1.95 bits per heavy atom. The second-order valence-corrected chi connectivity index (χ2v) is 10.2. The van der Waals surface area contributed by atoms with Crippen molar-refractivity contribution in [3.05, 3.63) is 20.2 Å². The summed E-state index contributed by atoms with van der Waals surface area (Å²) in [5.41, 5.74) is 0.893. The molecule has 6 nitrogen and oxygen atoms in total. The van der Waals surface area contributed by atoms with Crippen LogP contribution >= 0.6 is 11.3 Å². The van der Waals surface area contributed by atoms with Crippen LogP contribution in [-0.2, 0) is 21.2 Å². The highest BCUT2D eigenvalue weighted by Crippen LogP contribution is 2.24. The molecule has 0 radical (unpaired) electrons. The summed E-state index contributed by atoms with van der Waals surface area (Å²) < 4.78 is 24.6. The van der Waals surface area contributed by atoms with Gasteiger partial charge < -0.3 is 9.47 Å². The second-order valence-electron chi connectivity index (χ2n) is 6.31.